The summed E-state index contributed by atoms with van der Waals surface area (Å²) in [5, 5.41) is 6.63. The van der Waals surface area contributed by atoms with Crippen molar-refractivity contribution in [3.8, 4) is 11.4 Å². The van der Waals surface area contributed by atoms with E-state index in [2.05, 4.69) is 30.4 Å². The molecule has 0 saturated heterocycles. The molecule has 3 heterocycles. The zero-order chi connectivity index (χ0) is 19.2. The highest BCUT2D eigenvalue weighted by Gasteiger charge is 2.11. The smallest absolute Gasteiger partial charge is 0.254 e. The van der Waals surface area contributed by atoms with Gasteiger partial charge in [-0.25, -0.2) is 9.97 Å². The lowest BCUT2D eigenvalue weighted by Crippen LogP contribution is -2.23. The lowest BCUT2D eigenvalue weighted by Gasteiger charge is -2.03. The summed E-state index contributed by atoms with van der Waals surface area (Å²) in [6.45, 7) is 0.154. The molecule has 0 fully saturated rings. The average Bonchev–Trinajstić information content (AvgIpc) is 3.21. The summed E-state index contributed by atoms with van der Waals surface area (Å²) >= 11 is 0. The second-order valence-electron chi connectivity index (χ2n) is 5.99. The molecule has 0 atom stereocenters. The van der Waals surface area contributed by atoms with Crippen molar-refractivity contribution in [1.29, 1.82) is 0 Å². The summed E-state index contributed by atoms with van der Waals surface area (Å²) in [6, 6.07) is 13.5. The number of rotatable bonds is 6. The van der Waals surface area contributed by atoms with E-state index in [4.69, 9.17) is 4.52 Å². The van der Waals surface area contributed by atoms with E-state index in [1.807, 2.05) is 36.4 Å². The fraction of sp³-hybridized carbons (Fsp3) is 0.100. The van der Waals surface area contributed by atoms with Crippen LogP contribution in [0.4, 0.5) is 0 Å². The molecular weight excluding hydrogens is 356 g/mol. The summed E-state index contributed by atoms with van der Waals surface area (Å²) < 4.78 is 5.23. The van der Waals surface area contributed by atoms with Gasteiger partial charge in [-0.15, -0.1) is 0 Å². The van der Waals surface area contributed by atoms with Crippen LogP contribution in [0.15, 0.2) is 71.8 Å². The van der Waals surface area contributed by atoms with Gasteiger partial charge < -0.3 is 9.84 Å². The molecule has 28 heavy (non-hydrogen) atoms. The fourth-order valence-corrected chi connectivity index (χ4v) is 2.56. The van der Waals surface area contributed by atoms with Crippen LogP contribution >= 0.6 is 0 Å². The zero-order valence-corrected chi connectivity index (χ0v) is 14.8. The Bertz CT molecular complexity index is 1050. The largest absolute Gasteiger partial charge is 0.345 e. The maximum atomic E-state index is 12.3. The van der Waals surface area contributed by atoms with Crippen LogP contribution in [-0.4, -0.2) is 31.0 Å². The first kappa shape index (κ1) is 17.5. The molecule has 0 aliphatic rings. The predicted molar refractivity (Wildman–Crippen MR) is 100.0 cm³/mol. The number of pyridine rings is 1. The third-order valence-electron chi connectivity index (χ3n) is 3.95. The van der Waals surface area contributed by atoms with Crippen LogP contribution < -0.4 is 5.32 Å². The molecule has 0 aliphatic heterocycles. The Hall–Kier alpha value is -3.94. The molecular formula is C20H16N6O2. The molecule has 0 radical (unpaired) electrons. The van der Waals surface area contributed by atoms with Gasteiger partial charge in [0.25, 0.3) is 5.91 Å². The van der Waals surface area contributed by atoms with Crippen LogP contribution in [0.25, 0.3) is 11.4 Å². The SMILES string of the molecule is O=C(NCc1noc(Cc2ccccc2)n1)c1cnc(-c2cccnc2)nc1. The number of carbonyl (C=O) groups is 1. The van der Waals surface area contributed by atoms with Crippen molar-refractivity contribution in [3.05, 3.63) is 90.1 Å². The molecule has 4 rings (SSSR count). The van der Waals surface area contributed by atoms with E-state index in [1.165, 1.54) is 12.4 Å². The molecule has 8 nitrogen and oxygen atoms in total. The standard InChI is InChI=1S/C20H16N6O2/c27-20(16-11-22-19(23-12-16)15-7-4-8-21-10-15)24-13-17-25-18(28-26-17)9-14-5-2-1-3-6-14/h1-8,10-12H,9,13H2,(H,24,27). The van der Waals surface area contributed by atoms with E-state index in [0.717, 1.165) is 11.1 Å². The lowest BCUT2D eigenvalue weighted by molar-refractivity contribution is 0.0949. The summed E-state index contributed by atoms with van der Waals surface area (Å²) in [5.74, 6) is 1.10. The van der Waals surface area contributed by atoms with Crippen molar-refractivity contribution in [2.24, 2.45) is 0 Å². The maximum absolute atomic E-state index is 12.3. The molecule has 4 aromatic rings. The summed E-state index contributed by atoms with van der Waals surface area (Å²) in [4.78, 5) is 29.0. The second kappa shape index (κ2) is 8.17. The summed E-state index contributed by atoms with van der Waals surface area (Å²) in [5.41, 5.74) is 2.21. The number of aromatic nitrogens is 5. The van der Waals surface area contributed by atoms with Gasteiger partial charge in [0, 0.05) is 30.4 Å². The highest BCUT2D eigenvalue weighted by molar-refractivity contribution is 5.93. The number of nitrogens with one attached hydrogen (secondary N) is 1. The molecule has 0 unspecified atom stereocenters. The second-order valence-corrected chi connectivity index (χ2v) is 5.99. The Morgan fingerprint density at radius 3 is 2.57 bits per heavy atom. The monoisotopic (exact) mass is 372 g/mol. The van der Waals surface area contributed by atoms with E-state index in [1.54, 1.807) is 18.5 Å². The van der Waals surface area contributed by atoms with Crippen LogP contribution in [0.2, 0.25) is 0 Å². The Morgan fingerprint density at radius 2 is 1.82 bits per heavy atom. The van der Waals surface area contributed by atoms with E-state index >= 15 is 0 Å². The van der Waals surface area contributed by atoms with E-state index in [-0.39, 0.29) is 12.5 Å². The van der Waals surface area contributed by atoms with Gasteiger partial charge in [-0.2, -0.15) is 4.98 Å². The third-order valence-corrected chi connectivity index (χ3v) is 3.95. The van der Waals surface area contributed by atoms with Gasteiger partial charge in [-0.05, 0) is 17.7 Å². The van der Waals surface area contributed by atoms with Gasteiger partial charge in [0.15, 0.2) is 11.6 Å². The minimum Gasteiger partial charge on any atom is -0.345 e. The average molecular weight is 372 g/mol. The zero-order valence-electron chi connectivity index (χ0n) is 14.8. The van der Waals surface area contributed by atoms with E-state index in [0.29, 0.717) is 29.5 Å². The summed E-state index contributed by atoms with van der Waals surface area (Å²) in [6.07, 6.45) is 6.84. The molecule has 0 spiro atoms. The molecule has 1 aromatic carbocycles. The van der Waals surface area contributed by atoms with Crippen LogP contribution in [0.1, 0.15) is 27.6 Å². The number of hydrogen-bond acceptors (Lipinski definition) is 7. The molecule has 8 heteroatoms. The Balaban J connectivity index is 1.34. The van der Waals surface area contributed by atoms with Crippen molar-refractivity contribution in [2.75, 3.05) is 0 Å². The van der Waals surface area contributed by atoms with E-state index in [9.17, 15) is 4.79 Å². The number of benzene rings is 1. The Morgan fingerprint density at radius 1 is 1.00 bits per heavy atom. The topological polar surface area (TPSA) is 107 Å². The highest BCUT2D eigenvalue weighted by Crippen LogP contribution is 2.12. The van der Waals surface area contributed by atoms with Crippen molar-refractivity contribution in [3.63, 3.8) is 0 Å². The van der Waals surface area contributed by atoms with Crippen molar-refractivity contribution in [2.45, 2.75) is 13.0 Å². The van der Waals surface area contributed by atoms with Crippen molar-refractivity contribution >= 4 is 5.91 Å². The highest BCUT2D eigenvalue weighted by atomic mass is 16.5. The van der Waals surface area contributed by atoms with Gasteiger partial charge in [0.1, 0.15) is 0 Å². The lowest BCUT2D eigenvalue weighted by atomic mass is 10.1. The number of nitrogens with zero attached hydrogens (tertiary/aromatic N) is 5. The third kappa shape index (κ3) is 4.24. The van der Waals surface area contributed by atoms with Gasteiger partial charge in [-0.1, -0.05) is 35.5 Å². The van der Waals surface area contributed by atoms with Gasteiger partial charge in [0.2, 0.25) is 5.89 Å². The number of amides is 1. The minimum absolute atomic E-state index is 0.154. The van der Waals surface area contributed by atoms with Crippen molar-refractivity contribution < 1.29 is 9.32 Å². The van der Waals surface area contributed by atoms with Crippen LogP contribution in [0.5, 0.6) is 0 Å². The summed E-state index contributed by atoms with van der Waals surface area (Å²) in [7, 11) is 0. The quantitative estimate of drug-likeness (QED) is 0.554. The fourth-order valence-electron chi connectivity index (χ4n) is 2.56. The van der Waals surface area contributed by atoms with E-state index < -0.39 is 0 Å². The Labute approximate surface area is 160 Å². The number of carbonyl (C=O) groups excluding carboxylic acids is 1. The first-order valence-corrected chi connectivity index (χ1v) is 8.64. The first-order chi connectivity index (χ1) is 13.8. The van der Waals surface area contributed by atoms with Gasteiger partial charge >= 0.3 is 0 Å². The molecule has 138 valence electrons. The first-order valence-electron chi connectivity index (χ1n) is 8.64. The molecule has 0 aliphatic carbocycles. The van der Waals surface area contributed by atoms with Crippen LogP contribution in [0.3, 0.4) is 0 Å². The van der Waals surface area contributed by atoms with Crippen LogP contribution in [0, 0.1) is 0 Å². The molecule has 1 amide bonds. The molecule has 0 saturated carbocycles. The van der Waals surface area contributed by atoms with Crippen molar-refractivity contribution in [1.82, 2.24) is 30.4 Å². The normalized spacial score (nSPS) is 10.6. The minimum atomic E-state index is -0.313. The van der Waals surface area contributed by atoms with Gasteiger partial charge in [0.05, 0.1) is 18.5 Å². The maximum Gasteiger partial charge on any atom is 0.254 e. The van der Waals surface area contributed by atoms with Gasteiger partial charge in [-0.3, -0.25) is 9.78 Å². The number of hydrogen-bond donors (Lipinski definition) is 1. The molecule has 3 aromatic heterocycles. The molecule has 1 N–H and O–H groups in total. The molecule has 0 bridgehead atoms. The van der Waals surface area contributed by atoms with Crippen LogP contribution in [-0.2, 0) is 13.0 Å². The predicted octanol–water partition coefficient (Wildman–Crippen LogP) is 2.44. The Kier molecular flexibility index (Phi) is 5.10.